The maximum Gasteiger partial charge on any atom is 0.254 e. The number of imidazole rings is 1. The molecule has 0 aromatic carbocycles. The Bertz CT molecular complexity index is 1090. The average Bonchev–Trinajstić information content (AvgIpc) is 3.11. The highest BCUT2D eigenvalue weighted by atomic mass is 31.2. The van der Waals surface area contributed by atoms with Crippen LogP contribution in [-0.4, -0.2) is 44.5 Å². The maximum atomic E-state index is 12.1. The molecule has 0 bridgehead atoms. The molecule has 0 saturated heterocycles. The maximum absolute atomic E-state index is 12.1. The van der Waals surface area contributed by atoms with Crippen molar-refractivity contribution in [1.82, 2.24) is 19.5 Å². The quantitative estimate of drug-likeness (QED) is 0.312. The zero-order valence-corrected chi connectivity index (χ0v) is 17.1. The van der Waals surface area contributed by atoms with Gasteiger partial charge in [-0.2, -0.15) is 0 Å². The SMILES string of the molecule is C[C@@H](Cn1cnc2c(N)ncnc21)OCP(=O)([O-])OCC[n+]1cccc(C(N)=O)c1. The van der Waals surface area contributed by atoms with Crippen molar-refractivity contribution >= 4 is 30.5 Å². The van der Waals surface area contributed by atoms with Crippen LogP contribution in [0.3, 0.4) is 0 Å². The van der Waals surface area contributed by atoms with Gasteiger partial charge in [0.15, 0.2) is 38.0 Å². The van der Waals surface area contributed by atoms with Gasteiger partial charge < -0.3 is 34.8 Å². The molecule has 0 spiro atoms. The first-order valence-electron chi connectivity index (χ1n) is 9.01. The predicted molar refractivity (Wildman–Crippen MR) is 104 cm³/mol. The lowest BCUT2D eigenvalue weighted by atomic mass is 10.3. The number of primary amides is 1. The molecule has 1 amide bonds. The number of anilines is 1. The number of nitrogens with two attached hydrogens (primary N) is 2. The number of hydrogen-bond donors (Lipinski definition) is 2. The van der Waals surface area contributed by atoms with Crippen molar-refractivity contribution < 1.29 is 28.1 Å². The zero-order valence-electron chi connectivity index (χ0n) is 16.2. The Kier molecular flexibility index (Phi) is 6.73. The Morgan fingerprint density at radius 2 is 2.20 bits per heavy atom. The van der Waals surface area contributed by atoms with Crippen LogP contribution in [0.4, 0.5) is 5.82 Å². The number of carbonyl (C=O) groups is 1. The van der Waals surface area contributed by atoms with Crippen LogP contribution in [0.2, 0.25) is 0 Å². The molecule has 0 aliphatic rings. The number of amides is 1. The summed E-state index contributed by atoms with van der Waals surface area (Å²) in [6, 6.07) is 3.21. The van der Waals surface area contributed by atoms with E-state index < -0.39 is 26.0 Å². The first-order chi connectivity index (χ1) is 14.2. The molecule has 0 fully saturated rings. The third-order valence-corrected chi connectivity index (χ3v) is 5.22. The summed E-state index contributed by atoms with van der Waals surface area (Å²) in [5, 5.41) is 0. The minimum absolute atomic E-state index is 0.103. The number of hydrogen-bond acceptors (Lipinski definition) is 9. The van der Waals surface area contributed by atoms with Crippen molar-refractivity contribution in [3.05, 3.63) is 42.7 Å². The normalized spacial score (nSPS) is 14.5. The standard InChI is InChI=1S/C17H22N7O5P/c1-12(7-24-10-22-14-15(18)20-9-21-17(14)24)28-11-30(26,27)29-6-5-23-4-2-3-13(8-23)16(19)25/h2-4,8-10,12H,5-7,11H2,1H3,(H4-,18,19,20,21,25,26,27)/t12-/m0/s1. The van der Waals surface area contributed by atoms with Crippen LogP contribution in [0.15, 0.2) is 37.2 Å². The van der Waals surface area contributed by atoms with Crippen molar-refractivity contribution in [3.8, 4) is 0 Å². The Hall–Kier alpha value is -2.92. The van der Waals surface area contributed by atoms with E-state index in [0.717, 1.165) is 0 Å². The summed E-state index contributed by atoms with van der Waals surface area (Å²) in [6.45, 7) is 2.17. The van der Waals surface area contributed by atoms with Crippen molar-refractivity contribution in [2.75, 3.05) is 18.7 Å². The van der Waals surface area contributed by atoms with E-state index in [0.29, 0.717) is 23.3 Å². The van der Waals surface area contributed by atoms with E-state index in [1.165, 1.54) is 12.5 Å². The zero-order chi connectivity index (χ0) is 21.7. The van der Waals surface area contributed by atoms with E-state index in [2.05, 4.69) is 15.0 Å². The van der Waals surface area contributed by atoms with Crippen molar-refractivity contribution in [1.29, 1.82) is 0 Å². The number of ether oxygens (including phenoxy) is 1. The molecule has 160 valence electrons. The summed E-state index contributed by atoms with van der Waals surface area (Å²) in [5.74, 6) is -0.300. The van der Waals surface area contributed by atoms with Crippen molar-refractivity contribution in [3.63, 3.8) is 0 Å². The summed E-state index contributed by atoms with van der Waals surface area (Å²) in [6.07, 6.45) is 5.04. The summed E-state index contributed by atoms with van der Waals surface area (Å²) in [7, 11) is -4.21. The van der Waals surface area contributed by atoms with Gasteiger partial charge in [-0.25, -0.2) is 19.5 Å². The molecule has 0 saturated carbocycles. The minimum Gasteiger partial charge on any atom is -0.777 e. The third kappa shape index (κ3) is 5.57. The Morgan fingerprint density at radius 3 is 2.97 bits per heavy atom. The molecule has 0 aliphatic heterocycles. The molecule has 3 rings (SSSR count). The van der Waals surface area contributed by atoms with Crippen LogP contribution >= 0.6 is 7.60 Å². The van der Waals surface area contributed by atoms with Gasteiger partial charge in [0.25, 0.3) is 5.91 Å². The molecular weight excluding hydrogens is 413 g/mol. The van der Waals surface area contributed by atoms with Crippen LogP contribution in [0.1, 0.15) is 17.3 Å². The highest BCUT2D eigenvalue weighted by Crippen LogP contribution is 2.36. The van der Waals surface area contributed by atoms with Gasteiger partial charge in [-0.3, -0.25) is 4.79 Å². The molecule has 2 atom stereocenters. The van der Waals surface area contributed by atoms with Gasteiger partial charge in [0.2, 0.25) is 0 Å². The lowest BCUT2D eigenvalue weighted by molar-refractivity contribution is -0.697. The Morgan fingerprint density at radius 1 is 1.40 bits per heavy atom. The van der Waals surface area contributed by atoms with Gasteiger partial charge in [0.05, 0.1) is 19.0 Å². The molecule has 30 heavy (non-hydrogen) atoms. The number of rotatable bonds is 10. The highest BCUT2D eigenvalue weighted by molar-refractivity contribution is 7.51. The molecule has 3 aromatic heterocycles. The van der Waals surface area contributed by atoms with Crippen LogP contribution < -0.4 is 20.9 Å². The topological polar surface area (TPSA) is 175 Å². The largest absolute Gasteiger partial charge is 0.777 e. The van der Waals surface area contributed by atoms with E-state index in [1.807, 2.05) is 0 Å². The summed E-state index contributed by atoms with van der Waals surface area (Å²) < 4.78 is 25.8. The van der Waals surface area contributed by atoms with Gasteiger partial charge >= 0.3 is 0 Å². The van der Waals surface area contributed by atoms with Crippen LogP contribution in [-0.2, 0) is 26.9 Å². The Labute approximate surface area is 172 Å². The first kappa shape index (κ1) is 21.8. The monoisotopic (exact) mass is 435 g/mol. The van der Waals surface area contributed by atoms with Crippen molar-refractivity contribution in [2.45, 2.75) is 26.1 Å². The third-order valence-electron chi connectivity index (χ3n) is 4.18. The van der Waals surface area contributed by atoms with Gasteiger partial charge in [-0.1, -0.05) is 0 Å². The van der Waals surface area contributed by atoms with E-state index in [-0.39, 0.29) is 19.0 Å². The fraction of sp³-hybridized carbons (Fsp3) is 0.353. The smallest absolute Gasteiger partial charge is 0.254 e. The minimum atomic E-state index is -4.21. The second kappa shape index (κ2) is 9.26. The van der Waals surface area contributed by atoms with Crippen LogP contribution in [0.5, 0.6) is 0 Å². The lowest BCUT2D eigenvalue weighted by Crippen LogP contribution is -2.37. The molecular formula is C17H22N7O5P. The highest BCUT2D eigenvalue weighted by Gasteiger charge is 2.16. The van der Waals surface area contributed by atoms with E-state index in [4.69, 9.17) is 20.7 Å². The molecule has 3 aromatic rings. The summed E-state index contributed by atoms with van der Waals surface area (Å²) >= 11 is 0. The van der Waals surface area contributed by atoms with Crippen LogP contribution in [0, 0.1) is 0 Å². The molecule has 13 heteroatoms. The number of nitrogen functional groups attached to an aromatic ring is 1. The number of nitrogens with zero attached hydrogens (tertiary/aromatic N) is 5. The van der Waals surface area contributed by atoms with Gasteiger partial charge in [-0.05, 0) is 13.0 Å². The molecule has 0 radical (unpaired) electrons. The van der Waals surface area contributed by atoms with E-state index in [9.17, 15) is 14.3 Å². The van der Waals surface area contributed by atoms with Gasteiger partial charge in [0, 0.05) is 6.07 Å². The number of pyridine rings is 1. The molecule has 12 nitrogen and oxygen atoms in total. The average molecular weight is 435 g/mol. The number of carbonyl (C=O) groups excluding carboxylic acids is 1. The lowest BCUT2D eigenvalue weighted by Gasteiger charge is -2.24. The number of fused-ring (bicyclic) bond motifs is 1. The van der Waals surface area contributed by atoms with Gasteiger partial charge in [0.1, 0.15) is 30.4 Å². The van der Waals surface area contributed by atoms with Crippen LogP contribution in [0.25, 0.3) is 11.2 Å². The summed E-state index contributed by atoms with van der Waals surface area (Å²) in [4.78, 5) is 35.4. The number of aromatic nitrogens is 5. The first-order valence-corrected chi connectivity index (χ1v) is 10.7. The van der Waals surface area contributed by atoms with E-state index in [1.54, 1.807) is 40.7 Å². The van der Waals surface area contributed by atoms with Crippen molar-refractivity contribution in [2.24, 2.45) is 5.73 Å². The summed E-state index contributed by atoms with van der Waals surface area (Å²) in [5.41, 5.74) is 12.3. The molecule has 0 aliphatic carbocycles. The van der Waals surface area contributed by atoms with Gasteiger partial charge in [-0.15, -0.1) is 0 Å². The second-order valence-electron chi connectivity index (χ2n) is 6.57. The Balaban J connectivity index is 1.48. The molecule has 4 N–H and O–H groups in total. The van der Waals surface area contributed by atoms with E-state index >= 15 is 0 Å². The molecule has 3 heterocycles. The fourth-order valence-corrected chi connectivity index (χ4v) is 3.58. The second-order valence-corrected chi connectivity index (χ2v) is 8.31. The fourth-order valence-electron chi connectivity index (χ4n) is 2.71. The predicted octanol–water partition coefficient (Wildman–Crippen LogP) is -0.572. The molecule has 1 unspecified atom stereocenters.